The van der Waals surface area contributed by atoms with Crippen molar-refractivity contribution in [3.63, 3.8) is 0 Å². The summed E-state index contributed by atoms with van der Waals surface area (Å²) < 4.78 is 0.618. The molecule has 0 aromatic rings. The minimum Gasteiger partial charge on any atom is -0.386 e. The summed E-state index contributed by atoms with van der Waals surface area (Å²) >= 11 is 2.64. The first kappa shape index (κ1) is 29.3. The molecule has 0 aliphatic carbocycles. The van der Waals surface area contributed by atoms with Crippen molar-refractivity contribution in [2.24, 2.45) is 34.5 Å². The molecular weight excluding hydrogens is 465 g/mol. The maximum Gasteiger partial charge on any atom is 0.0232 e. The zero-order valence-electron chi connectivity index (χ0n) is 22.0. The van der Waals surface area contributed by atoms with E-state index in [-0.39, 0.29) is 10.8 Å². The number of rotatable bonds is 14. The first-order valence-corrected chi connectivity index (χ1v) is 13.6. The van der Waals surface area contributed by atoms with E-state index in [9.17, 15) is 0 Å². The molecule has 0 saturated heterocycles. The Morgan fingerprint density at radius 1 is 0.931 bits per heavy atom. The summed E-state index contributed by atoms with van der Waals surface area (Å²) in [7, 11) is 0. The van der Waals surface area contributed by atoms with Crippen molar-refractivity contribution in [1.29, 1.82) is 0 Å². The second-order valence-electron chi connectivity index (χ2n) is 11.4. The first-order chi connectivity index (χ1) is 13.2. The van der Waals surface area contributed by atoms with Gasteiger partial charge in [-0.1, -0.05) is 118 Å². The molecule has 0 fully saturated rings. The van der Waals surface area contributed by atoms with Crippen LogP contribution in [-0.4, -0.2) is 9.97 Å². The van der Waals surface area contributed by atoms with Crippen molar-refractivity contribution in [2.45, 2.75) is 125 Å². The van der Waals surface area contributed by atoms with Crippen LogP contribution in [0.5, 0.6) is 0 Å². The summed E-state index contributed by atoms with van der Waals surface area (Å²) in [5, 5.41) is 4.00. The van der Waals surface area contributed by atoms with Gasteiger partial charge in [-0.25, -0.2) is 0 Å². The molecule has 0 aliphatic heterocycles. The molecule has 2 unspecified atom stereocenters. The Kier molecular flexibility index (Phi) is 13.1. The average molecular weight is 520 g/mol. The molecule has 1 nitrogen and oxygen atoms in total. The molecule has 2 heteroatoms. The Bertz CT molecular complexity index is 477. The molecule has 0 aromatic heterocycles. The summed E-state index contributed by atoms with van der Waals surface area (Å²) in [6.07, 6.45) is 8.83. The van der Waals surface area contributed by atoms with E-state index in [2.05, 4.69) is 117 Å². The van der Waals surface area contributed by atoms with Crippen LogP contribution in [-0.2, 0) is 0 Å². The highest BCUT2D eigenvalue weighted by Gasteiger charge is 2.43. The van der Waals surface area contributed by atoms with E-state index in [0.717, 1.165) is 17.8 Å². The van der Waals surface area contributed by atoms with Crippen molar-refractivity contribution < 1.29 is 0 Å². The highest BCUT2D eigenvalue weighted by molar-refractivity contribution is 14.1. The zero-order chi connectivity index (χ0) is 23.0. The van der Waals surface area contributed by atoms with E-state index in [1.165, 1.54) is 37.8 Å². The third-order valence-corrected chi connectivity index (χ3v) is 9.17. The van der Waals surface area contributed by atoms with Gasteiger partial charge in [0.25, 0.3) is 0 Å². The predicted octanol–water partition coefficient (Wildman–Crippen LogP) is 9.26. The number of alkyl halides is 1. The van der Waals surface area contributed by atoms with Gasteiger partial charge in [-0.15, -0.1) is 0 Å². The molecule has 0 heterocycles. The highest BCUT2D eigenvalue weighted by atomic mass is 127. The van der Waals surface area contributed by atoms with Crippen molar-refractivity contribution >= 4 is 22.6 Å². The van der Waals surface area contributed by atoms with Crippen LogP contribution in [0.1, 0.15) is 115 Å². The van der Waals surface area contributed by atoms with Gasteiger partial charge in [0.1, 0.15) is 0 Å². The fourth-order valence-electron chi connectivity index (χ4n) is 4.61. The van der Waals surface area contributed by atoms with Crippen LogP contribution in [0.3, 0.4) is 0 Å². The van der Waals surface area contributed by atoms with Gasteiger partial charge in [0.2, 0.25) is 0 Å². The Hall–Kier alpha value is 0.270. The van der Waals surface area contributed by atoms with E-state index in [0.29, 0.717) is 15.9 Å². The van der Waals surface area contributed by atoms with E-state index in [4.69, 9.17) is 0 Å². The van der Waals surface area contributed by atoms with Gasteiger partial charge in [-0.05, 0) is 60.7 Å². The summed E-state index contributed by atoms with van der Waals surface area (Å²) in [6.45, 7) is 28.8. The van der Waals surface area contributed by atoms with Crippen molar-refractivity contribution in [3.05, 3.63) is 11.8 Å². The number of halogens is 1. The Balaban J connectivity index is 5.91. The van der Waals surface area contributed by atoms with Crippen molar-refractivity contribution in [3.8, 4) is 0 Å². The molecule has 0 amide bonds. The number of allylic oxidation sites excluding steroid dienone is 2. The monoisotopic (exact) mass is 519 g/mol. The summed E-state index contributed by atoms with van der Waals surface area (Å²) in [5.41, 5.74) is 1.91. The third-order valence-electron chi connectivity index (χ3n) is 7.61. The fraction of sp³-hybridized carbons (Fsp3) is 0.926. The molecule has 0 rings (SSSR count). The van der Waals surface area contributed by atoms with Crippen LogP contribution in [0.15, 0.2) is 11.8 Å². The quantitative estimate of drug-likeness (QED) is 0.178. The molecule has 0 aromatic carbocycles. The molecular formula is C27H54IN. The molecule has 5 atom stereocenters. The number of hydrogen-bond donors (Lipinski definition) is 1. The average Bonchev–Trinajstić information content (AvgIpc) is 2.57. The second kappa shape index (κ2) is 13.0. The van der Waals surface area contributed by atoms with Gasteiger partial charge in [-0.3, -0.25) is 0 Å². The van der Waals surface area contributed by atoms with Crippen LogP contribution in [0.25, 0.3) is 0 Å². The molecule has 1 N–H and O–H groups in total. The minimum atomic E-state index is 0.180. The molecule has 174 valence electrons. The predicted molar refractivity (Wildman–Crippen MR) is 143 cm³/mol. The summed E-state index contributed by atoms with van der Waals surface area (Å²) in [5.74, 6) is 2.97. The Morgan fingerprint density at radius 3 is 1.86 bits per heavy atom. The van der Waals surface area contributed by atoms with Crippen LogP contribution < -0.4 is 5.32 Å². The first-order valence-electron chi connectivity index (χ1n) is 12.3. The van der Waals surface area contributed by atoms with Gasteiger partial charge in [0, 0.05) is 15.7 Å². The van der Waals surface area contributed by atoms with E-state index >= 15 is 0 Å². The highest BCUT2D eigenvalue weighted by Crippen LogP contribution is 2.50. The lowest BCUT2D eigenvalue weighted by molar-refractivity contribution is 0.119. The topological polar surface area (TPSA) is 12.0 Å². The fourth-order valence-corrected chi connectivity index (χ4v) is 5.33. The summed E-state index contributed by atoms with van der Waals surface area (Å²) in [4.78, 5) is 0. The van der Waals surface area contributed by atoms with Gasteiger partial charge in [-0.2, -0.15) is 0 Å². The maximum absolute atomic E-state index is 4.00. The normalized spacial score (nSPS) is 19.8. The van der Waals surface area contributed by atoms with Gasteiger partial charge >= 0.3 is 0 Å². The summed E-state index contributed by atoms with van der Waals surface area (Å²) in [6, 6.07) is 0.529. The van der Waals surface area contributed by atoms with Crippen molar-refractivity contribution in [2.75, 3.05) is 0 Å². The number of nitrogens with one attached hydrogen (secondary N) is 1. The molecule has 0 bridgehead atoms. The largest absolute Gasteiger partial charge is 0.386 e. The lowest BCUT2D eigenvalue weighted by Gasteiger charge is -2.46. The Labute approximate surface area is 198 Å². The van der Waals surface area contributed by atoms with E-state index in [1.54, 1.807) is 0 Å². The third kappa shape index (κ3) is 9.52. The van der Waals surface area contributed by atoms with Gasteiger partial charge in [0.15, 0.2) is 0 Å². The Morgan fingerprint density at radius 2 is 1.48 bits per heavy atom. The molecule has 0 spiro atoms. The molecule has 0 saturated carbocycles. The lowest BCUT2D eigenvalue weighted by atomic mass is 9.61. The van der Waals surface area contributed by atoms with Crippen LogP contribution in [0.4, 0.5) is 0 Å². The van der Waals surface area contributed by atoms with Crippen LogP contribution in [0, 0.1) is 34.5 Å². The van der Waals surface area contributed by atoms with Crippen LogP contribution >= 0.6 is 22.6 Å². The number of hydrogen-bond acceptors (Lipinski definition) is 1. The van der Waals surface area contributed by atoms with E-state index in [1.807, 2.05) is 0 Å². The van der Waals surface area contributed by atoms with Gasteiger partial charge in [0.05, 0.1) is 0 Å². The maximum atomic E-state index is 4.00. The SMILES string of the molecule is CCC(C[C@@H](C)N/C(=C/C(C)(CC(C)C)C(C)(C)[C@@H](C)I)C[C@@H](C)CC)C(C)C. The lowest BCUT2D eigenvalue weighted by Crippen LogP contribution is -2.41. The zero-order valence-corrected chi connectivity index (χ0v) is 24.1. The van der Waals surface area contributed by atoms with E-state index < -0.39 is 0 Å². The van der Waals surface area contributed by atoms with Crippen LogP contribution in [0.2, 0.25) is 0 Å². The molecule has 0 aliphatic rings. The van der Waals surface area contributed by atoms with Gasteiger partial charge < -0.3 is 5.32 Å². The smallest absolute Gasteiger partial charge is 0.0232 e. The molecule has 0 radical (unpaired) electrons. The minimum absolute atomic E-state index is 0.180. The molecule has 29 heavy (non-hydrogen) atoms. The second-order valence-corrected chi connectivity index (χ2v) is 13.3. The standard InChI is InChI=1S/C27H54IN/c1-13-21(7)15-25(29-22(8)16-24(14-2)20(5)6)18-27(12,17-19(3)4)26(10,11)23(9)28/h18-24,29H,13-17H2,1-12H3/b25-18+/t21-,22+,23+,24?,27?/m0/s1. The van der Waals surface area contributed by atoms with Crippen molar-refractivity contribution in [1.82, 2.24) is 5.32 Å².